The van der Waals surface area contributed by atoms with E-state index < -0.39 is 0 Å². The minimum Gasteiger partial charge on any atom is -0.328 e. The Morgan fingerprint density at radius 2 is 2.00 bits per heavy atom. The Morgan fingerprint density at radius 1 is 1.17 bits per heavy atom. The smallest absolute Gasteiger partial charge is 0.0640 e. The van der Waals surface area contributed by atoms with Gasteiger partial charge in [0.25, 0.3) is 0 Å². The first kappa shape index (κ1) is 12.7. The molecule has 4 unspecified atom stereocenters. The molecule has 3 nitrogen and oxygen atoms in total. The molecule has 4 atom stereocenters. The first-order chi connectivity index (χ1) is 8.66. The largest absolute Gasteiger partial charge is 0.328 e. The number of hydrazine groups is 1. The van der Waals surface area contributed by atoms with Gasteiger partial charge in [-0.05, 0) is 36.8 Å². The maximum Gasteiger partial charge on any atom is 0.0640 e. The van der Waals surface area contributed by atoms with E-state index in [2.05, 4.69) is 10.9 Å². The predicted molar refractivity (Wildman–Crippen MR) is 74.6 cm³/mol. The van der Waals surface area contributed by atoms with Crippen molar-refractivity contribution in [3.8, 4) is 0 Å². The van der Waals surface area contributed by atoms with Gasteiger partial charge in [0.15, 0.2) is 0 Å². The fourth-order valence-electron chi connectivity index (χ4n) is 3.16. The minimum atomic E-state index is 0.230. The van der Waals surface area contributed by atoms with E-state index in [4.69, 9.17) is 28.9 Å². The Balaban J connectivity index is 1.87. The van der Waals surface area contributed by atoms with E-state index in [0.717, 1.165) is 24.8 Å². The van der Waals surface area contributed by atoms with Crippen LogP contribution >= 0.6 is 23.2 Å². The zero-order valence-electron chi connectivity index (χ0n) is 10.00. The Kier molecular flexibility index (Phi) is 3.52. The second-order valence-electron chi connectivity index (χ2n) is 5.25. The first-order valence-electron chi connectivity index (χ1n) is 6.37. The highest BCUT2D eigenvalue weighted by atomic mass is 35.5. The lowest BCUT2D eigenvalue weighted by Crippen LogP contribution is -2.41. The lowest BCUT2D eigenvalue weighted by atomic mass is 9.78. The number of nitrogens with one attached hydrogen (secondary N) is 2. The third-order valence-corrected chi connectivity index (χ3v) is 4.95. The predicted octanol–water partition coefficient (Wildman–Crippen LogP) is 2.64. The van der Waals surface area contributed by atoms with Crippen molar-refractivity contribution in [1.82, 2.24) is 10.9 Å². The van der Waals surface area contributed by atoms with Crippen LogP contribution in [0.25, 0.3) is 0 Å². The molecule has 1 aromatic carbocycles. The van der Waals surface area contributed by atoms with Crippen molar-refractivity contribution in [1.29, 1.82) is 0 Å². The van der Waals surface area contributed by atoms with E-state index in [-0.39, 0.29) is 6.04 Å². The molecular weight excluding hydrogens is 269 g/mol. The van der Waals surface area contributed by atoms with Gasteiger partial charge in [0.1, 0.15) is 0 Å². The Bertz CT molecular complexity index is 452. The molecule has 5 heteroatoms. The normalized spacial score (nSPS) is 35.5. The lowest BCUT2D eigenvalue weighted by molar-refractivity contribution is 0.281. The molecule has 0 amide bonds. The summed E-state index contributed by atoms with van der Waals surface area (Å²) < 4.78 is 0. The molecular formula is C13H17Cl2N3. The molecule has 3 rings (SSSR count). The summed E-state index contributed by atoms with van der Waals surface area (Å²) in [4.78, 5) is 0. The standard InChI is InChI=1S/C13H17Cl2N3/c14-10-3-1-2-9(12(10)15)13-8-5-4-7(16)6-11(8)17-18-13/h1-3,7-8,11,13,17-18H,4-6,16H2. The number of halogens is 2. The monoisotopic (exact) mass is 285 g/mol. The lowest BCUT2D eigenvalue weighted by Gasteiger charge is -2.31. The van der Waals surface area contributed by atoms with Crippen LogP contribution in [0.3, 0.4) is 0 Å². The van der Waals surface area contributed by atoms with Gasteiger partial charge in [-0.25, -0.2) is 5.43 Å². The average Bonchev–Trinajstić information content (AvgIpc) is 2.75. The van der Waals surface area contributed by atoms with Crippen molar-refractivity contribution in [2.24, 2.45) is 11.7 Å². The number of nitrogens with two attached hydrogens (primary N) is 1. The molecule has 0 bridgehead atoms. The highest BCUT2D eigenvalue weighted by Crippen LogP contribution is 2.41. The number of hydrogen-bond acceptors (Lipinski definition) is 3. The maximum atomic E-state index is 6.31. The summed E-state index contributed by atoms with van der Waals surface area (Å²) >= 11 is 12.4. The van der Waals surface area contributed by atoms with Gasteiger partial charge < -0.3 is 5.73 Å². The van der Waals surface area contributed by atoms with Crippen LogP contribution in [0.5, 0.6) is 0 Å². The first-order valence-corrected chi connectivity index (χ1v) is 7.13. The summed E-state index contributed by atoms with van der Waals surface area (Å²) in [5.74, 6) is 0.542. The fourth-order valence-corrected chi connectivity index (χ4v) is 3.59. The van der Waals surface area contributed by atoms with Gasteiger partial charge in [0.05, 0.1) is 16.1 Å². The van der Waals surface area contributed by atoms with Crippen molar-refractivity contribution < 1.29 is 0 Å². The van der Waals surface area contributed by atoms with Crippen LogP contribution in [0.1, 0.15) is 30.9 Å². The zero-order valence-corrected chi connectivity index (χ0v) is 11.5. The molecule has 1 saturated heterocycles. The topological polar surface area (TPSA) is 50.1 Å². The number of hydrogen-bond donors (Lipinski definition) is 3. The van der Waals surface area contributed by atoms with Crippen molar-refractivity contribution in [3.05, 3.63) is 33.8 Å². The second kappa shape index (κ2) is 4.99. The van der Waals surface area contributed by atoms with Crippen LogP contribution in [0, 0.1) is 5.92 Å². The molecule has 0 aromatic heterocycles. The summed E-state index contributed by atoms with van der Waals surface area (Å²) in [6.07, 6.45) is 3.23. The third-order valence-electron chi connectivity index (χ3n) is 4.11. The van der Waals surface area contributed by atoms with Crippen LogP contribution in [-0.2, 0) is 0 Å². The van der Waals surface area contributed by atoms with Gasteiger partial charge in [-0.2, -0.15) is 0 Å². The summed E-state index contributed by atoms with van der Waals surface area (Å²) in [7, 11) is 0. The van der Waals surface area contributed by atoms with Crippen LogP contribution < -0.4 is 16.6 Å². The van der Waals surface area contributed by atoms with E-state index in [1.54, 1.807) is 0 Å². The summed E-state index contributed by atoms with van der Waals surface area (Å²) in [5.41, 5.74) is 13.8. The van der Waals surface area contributed by atoms with Crippen LogP contribution in [0.15, 0.2) is 18.2 Å². The quantitative estimate of drug-likeness (QED) is 0.744. The van der Waals surface area contributed by atoms with E-state index in [9.17, 15) is 0 Å². The number of benzene rings is 1. The third kappa shape index (κ3) is 2.15. The summed E-state index contributed by atoms with van der Waals surface area (Å²) in [5, 5.41) is 1.28. The average molecular weight is 286 g/mol. The molecule has 1 aliphatic heterocycles. The van der Waals surface area contributed by atoms with E-state index >= 15 is 0 Å². The van der Waals surface area contributed by atoms with Gasteiger partial charge in [0, 0.05) is 12.1 Å². The van der Waals surface area contributed by atoms with Crippen LogP contribution in [0.2, 0.25) is 10.0 Å². The Morgan fingerprint density at radius 3 is 2.83 bits per heavy atom. The van der Waals surface area contributed by atoms with Crippen LogP contribution in [-0.4, -0.2) is 12.1 Å². The van der Waals surface area contributed by atoms with Crippen LogP contribution in [0.4, 0.5) is 0 Å². The van der Waals surface area contributed by atoms with Crippen molar-refractivity contribution >= 4 is 23.2 Å². The SMILES string of the molecule is NC1CCC2C(C1)NNC2c1cccc(Cl)c1Cl. The molecule has 98 valence electrons. The highest BCUT2D eigenvalue weighted by Gasteiger charge is 2.40. The minimum absolute atomic E-state index is 0.230. The van der Waals surface area contributed by atoms with Crippen molar-refractivity contribution in [2.75, 3.05) is 0 Å². The molecule has 1 heterocycles. The number of fused-ring (bicyclic) bond motifs is 1. The zero-order chi connectivity index (χ0) is 12.7. The molecule has 1 saturated carbocycles. The van der Waals surface area contributed by atoms with E-state index in [1.807, 2.05) is 18.2 Å². The molecule has 2 aliphatic rings. The van der Waals surface area contributed by atoms with Gasteiger partial charge >= 0.3 is 0 Å². The molecule has 0 spiro atoms. The van der Waals surface area contributed by atoms with E-state index in [0.29, 0.717) is 28.0 Å². The van der Waals surface area contributed by atoms with Gasteiger partial charge in [-0.3, -0.25) is 5.43 Å². The molecule has 18 heavy (non-hydrogen) atoms. The molecule has 0 radical (unpaired) electrons. The maximum absolute atomic E-state index is 6.31. The second-order valence-corrected chi connectivity index (χ2v) is 6.04. The molecule has 2 fully saturated rings. The fraction of sp³-hybridized carbons (Fsp3) is 0.538. The summed E-state index contributed by atoms with van der Waals surface area (Å²) in [6.45, 7) is 0. The Hall–Kier alpha value is -0.320. The number of rotatable bonds is 1. The van der Waals surface area contributed by atoms with E-state index in [1.165, 1.54) is 0 Å². The Labute approximate surface area is 117 Å². The highest BCUT2D eigenvalue weighted by molar-refractivity contribution is 6.42. The molecule has 1 aliphatic carbocycles. The van der Waals surface area contributed by atoms with Crippen molar-refractivity contribution in [2.45, 2.75) is 37.4 Å². The van der Waals surface area contributed by atoms with Gasteiger partial charge in [-0.15, -0.1) is 0 Å². The van der Waals surface area contributed by atoms with Gasteiger partial charge in [-0.1, -0.05) is 35.3 Å². The molecule has 4 N–H and O–H groups in total. The van der Waals surface area contributed by atoms with Crippen molar-refractivity contribution in [3.63, 3.8) is 0 Å². The molecule has 1 aromatic rings. The van der Waals surface area contributed by atoms with Gasteiger partial charge in [0.2, 0.25) is 0 Å². The summed E-state index contributed by atoms with van der Waals surface area (Å²) in [6, 6.07) is 6.80.